The van der Waals surface area contributed by atoms with E-state index in [0.29, 0.717) is 12.1 Å². The van der Waals surface area contributed by atoms with Crippen LogP contribution < -0.4 is 10.6 Å². The van der Waals surface area contributed by atoms with Crippen molar-refractivity contribution in [2.24, 2.45) is 0 Å². The fourth-order valence-corrected chi connectivity index (χ4v) is 1.81. The smallest absolute Gasteiger partial charge is 0.324 e. The van der Waals surface area contributed by atoms with Gasteiger partial charge in [-0.3, -0.25) is 14.9 Å². The summed E-state index contributed by atoms with van der Waals surface area (Å²) < 4.78 is 0. The number of amides is 1. The molecule has 0 aromatic carbocycles. The topological polar surface area (TPSA) is 84.3 Å². The molecule has 0 saturated carbocycles. The molecule has 0 radical (unpaired) electrons. The summed E-state index contributed by atoms with van der Waals surface area (Å²) >= 11 is 0.957. The third-order valence-electron chi connectivity index (χ3n) is 1.92. The maximum atomic E-state index is 11.5. The molecule has 0 aliphatic heterocycles. The van der Waals surface area contributed by atoms with Crippen LogP contribution in [0, 0.1) is 10.1 Å². The number of nitrogens with one attached hydrogen (secondary N) is 2. The van der Waals surface area contributed by atoms with Crippen molar-refractivity contribution in [1.29, 1.82) is 0 Å². The number of hydrogen-bond acceptors (Lipinski definition) is 5. The molecule has 1 rings (SSSR count). The van der Waals surface area contributed by atoms with Crippen LogP contribution >= 0.6 is 23.7 Å². The number of thiophene rings is 1. The Bertz CT molecular complexity index is 383. The minimum atomic E-state index is -0.498. The van der Waals surface area contributed by atoms with Crippen LogP contribution in [0.5, 0.6) is 0 Å². The number of rotatable bonds is 6. The Kier molecular flexibility index (Phi) is 7.44. The van der Waals surface area contributed by atoms with Gasteiger partial charge in [0.05, 0.1) is 10.5 Å². The van der Waals surface area contributed by atoms with Gasteiger partial charge < -0.3 is 10.6 Å². The lowest BCUT2D eigenvalue weighted by Crippen LogP contribution is -2.26. The van der Waals surface area contributed by atoms with Gasteiger partial charge in [0.15, 0.2) is 0 Å². The number of nitro groups is 1. The highest BCUT2D eigenvalue weighted by atomic mass is 35.5. The third-order valence-corrected chi connectivity index (χ3v) is 2.80. The van der Waals surface area contributed by atoms with Crippen LogP contribution in [0.1, 0.15) is 16.8 Å². The summed E-state index contributed by atoms with van der Waals surface area (Å²) in [6.45, 7) is 1.38. The zero-order valence-electron chi connectivity index (χ0n) is 9.26. The maximum absolute atomic E-state index is 11.5. The van der Waals surface area contributed by atoms with Crippen molar-refractivity contribution in [3.63, 3.8) is 0 Å². The monoisotopic (exact) mass is 279 g/mol. The molecule has 0 atom stereocenters. The van der Waals surface area contributed by atoms with Crippen molar-refractivity contribution in [2.45, 2.75) is 6.42 Å². The molecular weight excluding hydrogens is 266 g/mol. The van der Waals surface area contributed by atoms with Crippen LogP contribution in [0.2, 0.25) is 0 Å². The molecule has 0 unspecified atom stereocenters. The molecule has 17 heavy (non-hydrogen) atoms. The summed E-state index contributed by atoms with van der Waals surface area (Å²) in [6.07, 6.45) is 0.828. The van der Waals surface area contributed by atoms with Crippen LogP contribution in [-0.2, 0) is 0 Å². The van der Waals surface area contributed by atoms with Crippen molar-refractivity contribution in [3.05, 3.63) is 27.1 Å². The fraction of sp³-hybridized carbons (Fsp3) is 0.444. The Morgan fingerprint density at radius 2 is 2.24 bits per heavy atom. The minimum Gasteiger partial charge on any atom is -0.352 e. The van der Waals surface area contributed by atoms with Gasteiger partial charge in [0.25, 0.3) is 5.91 Å². The molecule has 1 aromatic rings. The molecule has 0 aliphatic carbocycles. The zero-order chi connectivity index (χ0) is 12.0. The molecule has 8 heteroatoms. The van der Waals surface area contributed by atoms with E-state index >= 15 is 0 Å². The lowest BCUT2D eigenvalue weighted by molar-refractivity contribution is -0.380. The summed E-state index contributed by atoms with van der Waals surface area (Å²) in [6, 6.07) is 1.29. The summed E-state index contributed by atoms with van der Waals surface area (Å²) in [4.78, 5) is 21.4. The van der Waals surface area contributed by atoms with Crippen LogP contribution in [0.25, 0.3) is 0 Å². The van der Waals surface area contributed by atoms with Crippen LogP contribution in [0.4, 0.5) is 5.00 Å². The van der Waals surface area contributed by atoms with Crippen molar-refractivity contribution >= 4 is 34.7 Å². The second-order valence-electron chi connectivity index (χ2n) is 3.14. The van der Waals surface area contributed by atoms with Gasteiger partial charge in [-0.15, -0.1) is 12.4 Å². The van der Waals surface area contributed by atoms with Crippen LogP contribution in [0.15, 0.2) is 11.4 Å². The van der Waals surface area contributed by atoms with Crippen LogP contribution in [-0.4, -0.2) is 31.0 Å². The first-order valence-electron chi connectivity index (χ1n) is 4.81. The highest BCUT2D eigenvalue weighted by Crippen LogP contribution is 2.22. The van der Waals surface area contributed by atoms with Crippen LogP contribution in [0.3, 0.4) is 0 Å². The third kappa shape index (κ3) is 5.12. The van der Waals surface area contributed by atoms with E-state index < -0.39 is 4.92 Å². The normalized spacial score (nSPS) is 9.47. The van der Waals surface area contributed by atoms with E-state index in [1.807, 2.05) is 7.05 Å². The summed E-state index contributed by atoms with van der Waals surface area (Å²) in [5, 5.41) is 17.5. The van der Waals surface area contributed by atoms with Gasteiger partial charge in [-0.2, -0.15) is 0 Å². The van der Waals surface area contributed by atoms with E-state index in [-0.39, 0.29) is 23.3 Å². The van der Waals surface area contributed by atoms with Gasteiger partial charge in [-0.1, -0.05) is 11.3 Å². The first kappa shape index (κ1) is 15.8. The highest BCUT2D eigenvalue weighted by Gasteiger charge is 2.14. The lowest BCUT2D eigenvalue weighted by atomic mass is 10.3. The molecule has 0 bridgehead atoms. The zero-order valence-corrected chi connectivity index (χ0v) is 10.9. The summed E-state index contributed by atoms with van der Waals surface area (Å²) in [5.41, 5.74) is 0.348. The van der Waals surface area contributed by atoms with Gasteiger partial charge in [-0.25, -0.2) is 0 Å². The number of halogens is 1. The number of carbonyl (C=O) groups is 1. The maximum Gasteiger partial charge on any atom is 0.324 e. The molecule has 2 N–H and O–H groups in total. The van der Waals surface area contributed by atoms with Gasteiger partial charge >= 0.3 is 5.00 Å². The van der Waals surface area contributed by atoms with Gasteiger partial charge in [0.2, 0.25) is 0 Å². The molecular formula is C9H14ClN3O3S. The van der Waals surface area contributed by atoms with Crippen molar-refractivity contribution in [2.75, 3.05) is 20.1 Å². The molecule has 1 aromatic heterocycles. The second kappa shape index (κ2) is 7.99. The van der Waals surface area contributed by atoms with E-state index in [2.05, 4.69) is 10.6 Å². The van der Waals surface area contributed by atoms with Gasteiger partial charge in [0, 0.05) is 18.0 Å². The predicted molar refractivity (Wildman–Crippen MR) is 69.1 cm³/mol. The van der Waals surface area contributed by atoms with E-state index in [0.717, 1.165) is 24.3 Å². The number of carbonyl (C=O) groups excluding carboxylic acids is 1. The summed E-state index contributed by atoms with van der Waals surface area (Å²) in [7, 11) is 1.84. The molecule has 0 fully saturated rings. The average molecular weight is 280 g/mol. The minimum absolute atomic E-state index is 0. The van der Waals surface area contributed by atoms with Crippen molar-refractivity contribution < 1.29 is 9.72 Å². The molecule has 96 valence electrons. The molecule has 0 aliphatic rings. The Hall–Kier alpha value is -1.18. The largest absolute Gasteiger partial charge is 0.352 e. The Morgan fingerprint density at radius 1 is 1.53 bits per heavy atom. The summed E-state index contributed by atoms with van der Waals surface area (Å²) in [5.74, 6) is -0.263. The first-order chi connectivity index (χ1) is 7.65. The SMILES string of the molecule is CNCCCNC(=O)c1csc([N+](=O)[O-])c1.Cl. The Balaban J connectivity index is 0.00000256. The van der Waals surface area contributed by atoms with Crippen molar-refractivity contribution in [3.8, 4) is 0 Å². The highest BCUT2D eigenvalue weighted by molar-refractivity contribution is 7.13. The van der Waals surface area contributed by atoms with Crippen molar-refractivity contribution in [1.82, 2.24) is 10.6 Å². The molecule has 6 nitrogen and oxygen atoms in total. The second-order valence-corrected chi connectivity index (χ2v) is 4.03. The average Bonchev–Trinajstić information content (AvgIpc) is 2.73. The van der Waals surface area contributed by atoms with E-state index in [1.165, 1.54) is 11.4 Å². The van der Waals surface area contributed by atoms with E-state index in [1.54, 1.807) is 0 Å². The quantitative estimate of drug-likeness (QED) is 0.468. The molecule has 1 amide bonds. The predicted octanol–water partition coefficient (Wildman–Crippen LogP) is 1.42. The molecule has 0 saturated heterocycles. The lowest BCUT2D eigenvalue weighted by Gasteiger charge is -2.02. The first-order valence-corrected chi connectivity index (χ1v) is 5.69. The van der Waals surface area contributed by atoms with E-state index in [4.69, 9.17) is 0 Å². The van der Waals surface area contributed by atoms with Gasteiger partial charge in [-0.05, 0) is 20.0 Å². The number of nitrogens with zero attached hydrogens (tertiary/aromatic N) is 1. The Labute approximate surface area is 109 Å². The number of hydrogen-bond donors (Lipinski definition) is 2. The molecule has 1 heterocycles. The van der Waals surface area contributed by atoms with E-state index in [9.17, 15) is 14.9 Å². The van der Waals surface area contributed by atoms with Gasteiger partial charge in [0.1, 0.15) is 0 Å². The fourth-order valence-electron chi connectivity index (χ4n) is 1.11. The standard InChI is InChI=1S/C9H13N3O3S.ClH/c1-10-3-2-4-11-9(13)7-5-8(12(14)15)16-6-7;/h5-6,10H,2-4H2,1H3,(H,11,13);1H. The molecule has 0 spiro atoms. The Morgan fingerprint density at radius 3 is 2.76 bits per heavy atom.